The number of hydrogen-bond donors (Lipinski definition) is 0. The van der Waals surface area contributed by atoms with Gasteiger partial charge in [-0.3, -0.25) is 9.38 Å². The number of aromatic nitrogens is 3. The van der Waals surface area contributed by atoms with Gasteiger partial charge in [-0.25, -0.2) is 4.98 Å². The van der Waals surface area contributed by atoms with E-state index in [4.69, 9.17) is 14.7 Å². The minimum atomic E-state index is 0.831. The van der Waals surface area contributed by atoms with Crippen molar-refractivity contribution in [3.05, 3.63) is 41.3 Å². The highest BCUT2D eigenvalue weighted by Gasteiger charge is 2.28. The molecule has 3 aromatic rings. The lowest BCUT2D eigenvalue weighted by Crippen LogP contribution is -2.28. The molecule has 0 unspecified atom stereocenters. The standard InChI is InChI=1S/C24H32N4O/c1-6-11-27(15-18-8-9-18)24-19(7-2)26-23-22(25-10-12-28(23)24)21-17(4)13-16(3)14-20(21)29-5/h10,12-14,18H,6-9,11,15H2,1-5H3. The van der Waals surface area contributed by atoms with Crippen LogP contribution in [0.15, 0.2) is 24.5 Å². The topological polar surface area (TPSA) is 42.7 Å². The van der Waals surface area contributed by atoms with Crippen molar-refractivity contribution in [2.75, 3.05) is 25.1 Å². The summed E-state index contributed by atoms with van der Waals surface area (Å²) in [7, 11) is 1.73. The Morgan fingerprint density at radius 1 is 1.21 bits per heavy atom. The third-order valence-corrected chi connectivity index (χ3v) is 5.79. The number of nitrogens with zero attached hydrogens (tertiary/aromatic N) is 4. The summed E-state index contributed by atoms with van der Waals surface area (Å²) in [6, 6.07) is 4.26. The van der Waals surface area contributed by atoms with Crippen LogP contribution in [0.5, 0.6) is 5.75 Å². The van der Waals surface area contributed by atoms with Crippen LogP contribution in [0, 0.1) is 19.8 Å². The molecule has 1 saturated carbocycles. The molecular weight excluding hydrogens is 360 g/mol. The Labute approximate surface area is 173 Å². The number of aryl methyl sites for hydroxylation is 3. The van der Waals surface area contributed by atoms with Gasteiger partial charge in [0.2, 0.25) is 0 Å². The number of rotatable bonds is 8. The first-order chi connectivity index (χ1) is 14.1. The second-order valence-corrected chi connectivity index (χ2v) is 8.25. The molecular formula is C24H32N4O. The van der Waals surface area contributed by atoms with E-state index in [1.807, 2.05) is 6.20 Å². The van der Waals surface area contributed by atoms with Gasteiger partial charge in [0.15, 0.2) is 5.65 Å². The van der Waals surface area contributed by atoms with Crippen molar-refractivity contribution >= 4 is 11.5 Å². The third-order valence-electron chi connectivity index (χ3n) is 5.79. The smallest absolute Gasteiger partial charge is 0.165 e. The van der Waals surface area contributed by atoms with Crippen LogP contribution in [0.3, 0.4) is 0 Å². The van der Waals surface area contributed by atoms with Crippen LogP contribution in [-0.4, -0.2) is 34.6 Å². The summed E-state index contributed by atoms with van der Waals surface area (Å²) in [6.07, 6.45) is 8.70. The molecule has 0 aliphatic heterocycles. The van der Waals surface area contributed by atoms with Crippen LogP contribution < -0.4 is 9.64 Å². The average molecular weight is 393 g/mol. The molecule has 0 spiro atoms. The number of fused-ring (bicyclic) bond motifs is 1. The summed E-state index contributed by atoms with van der Waals surface area (Å²) >= 11 is 0. The lowest BCUT2D eigenvalue weighted by Gasteiger charge is -2.25. The molecule has 5 nitrogen and oxygen atoms in total. The Hall–Kier alpha value is -2.56. The number of ether oxygens (including phenoxy) is 1. The van der Waals surface area contributed by atoms with Crippen molar-refractivity contribution in [1.29, 1.82) is 0 Å². The molecule has 0 radical (unpaired) electrons. The first-order valence-corrected chi connectivity index (χ1v) is 10.8. The molecule has 0 saturated heterocycles. The Morgan fingerprint density at radius 3 is 2.66 bits per heavy atom. The molecule has 2 aromatic heterocycles. The number of anilines is 1. The first-order valence-electron chi connectivity index (χ1n) is 10.8. The van der Waals surface area contributed by atoms with Gasteiger partial charge in [0.05, 0.1) is 12.8 Å². The van der Waals surface area contributed by atoms with Crippen LogP contribution in [0.1, 0.15) is 49.9 Å². The summed E-state index contributed by atoms with van der Waals surface area (Å²) in [5.41, 5.74) is 6.34. The molecule has 2 heterocycles. The zero-order chi connectivity index (χ0) is 20.5. The van der Waals surface area contributed by atoms with E-state index in [0.29, 0.717) is 0 Å². The van der Waals surface area contributed by atoms with Gasteiger partial charge < -0.3 is 9.64 Å². The zero-order valence-corrected chi connectivity index (χ0v) is 18.3. The molecule has 5 heteroatoms. The van der Waals surface area contributed by atoms with Gasteiger partial charge in [-0.15, -0.1) is 0 Å². The van der Waals surface area contributed by atoms with Crippen LogP contribution in [0.25, 0.3) is 16.9 Å². The molecule has 0 amide bonds. The fourth-order valence-electron chi connectivity index (χ4n) is 4.32. The monoisotopic (exact) mass is 392 g/mol. The van der Waals surface area contributed by atoms with Crippen molar-refractivity contribution < 1.29 is 4.74 Å². The van der Waals surface area contributed by atoms with E-state index < -0.39 is 0 Å². The molecule has 29 heavy (non-hydrogen) atoms. The number of hydrogen-bond acceptors (Lipinski definition) is 4. The summed E-state index contributed by atoms with van der Waals surface area (Å²) in [5, 5.41) is 0. The van der Waals surface area contributed by atoms with Gasteiger partial charge in [-0.05, 0) is 62.6 Å². The van der Waals surface area contributed by atoms with E-state index in [1.165, 1.54) is 24.2 Å². The second-order valence-electron chi connectivity index (χ2n) is 8.25. The van der Waals surface area contributed by atoms with Gasteiger partial charge >= 0.3 is 0 Å². The molecule has 4 rings (SSSR count). The highest BCUT2D eigenvalue weighted by molar-refractivity contribution is 5.82. The van der Waals surface area contributed by atoms with E-state index in [9.17, 15) is 0 Å². The molecule has 0 bridgehead atoms. The van der Waals surface area contributed by atoms with Crippen LogP contribution in [0.2, 0.25) is 0 Å². The van der Waals surface area contributed by atoms with Crippen molar-refractivity contribution in [2.24, 2.45) is 5.92 Å². The highest BCUT2D eigenvalue weighted by atomic mass is 16.5. The molecule has 1 aromatic carbocycles. The first kappa shape index (κ1) is 19.7. The Bertz CT molecular complexity index is 1020. The predicted molar refractivity (Wildman–Crippen MR) is 119 cm³/mol. The minimum absolute atomic E-state index is 0.831. The van der Waals surface area contributed by atoms with Gasteiger partial charge in [-0.2, -0.15) is 0 Å². The van der Waals surface area contributed by atoms with Crippen LogP contribution in [-0.2, 0) is 6.42 Å². The van der Waals surface area contributed by atoms with E-state index >= 15 is 0 Å². The fraction of sp³-hybridized carbons (Fsp3) is 0.500. The third kappa shape index (κ3) is 3.70. The molecule has 1 aliphatic carbocycles. The summed E-state index contributed by atoms with van der Waals surface area (Å²) < 4.78 is 7.98. The van der Waals surface area contributed by atoms with Gasteiger partial charge in [0.25, 0.3) is 0 Å². The Balaban J connectivity index is 1.92. The van der Waals surface area contributed by atoms with E-state index in [2.05, 4.69) is 55.3 Å². The Morgan fingerprint density at radius 2 is 2.00 bits per heavy atom. The second kappa shape index (κ2) is 8.05. The molecule has 1 aliphatic rings. The minimum Gasteiger partial charge on any atom is -0.496 e. The molecule has 0 atom stereocenters. The van der Waals surface area contributed by atoms with Crippen molar-refractivity contribution in [2.45, 2.75) is 53.4 Å². The summed E-state index contributed by atoms with van der Waals surface area (Å²) in [5.74, 6) is 2.93. The normalized spacial score (nSPS) is 13.8. The molecule has 1 fully saturated rings. The van der Waals surface area contributed by atoms with Gasteiger partial charge in [0.1, 0.15) is 17.3 Å². The average Bonchev–Trinajstić information content (AvgIpc) is 3.44. The maximum Gasteiger partial charge on any atom is 0.165 e. The summed E-state index contributed by atoms with van der Waals surface area (Å²) in [6.45, 7) is 10.8. The van der Waals surface area contributed by atoms with Crippen molar-refractivity contribution in [1.82, 2.24) is 14.4 Å². The lowest BCUT2D eigenvalue weighted by atomic mass is 10.0. The van der Waals surface area contributed by atoms with Crippen LogP contribution in [0.4, 0.5) is 5.82 Å². The largest absolute Gasteiger partial charge is 0.496 e. The van der Waals surface area contributed by atoms with E-state index in [-0.39, 0.29) is 0 Å². The van der Waals surface area contributed by atoms with E-state index in [0.717, 1.165) is 65.8 Å². The highest BCUT2D eigenvalue weighted by Crippen LogP contribution is 2.38. The lowest BCUT2D eigenvalue weighted by molar-refractivity contribution is 0.415. The number of methoxy groups -OCH3 is 1. The van der Waals surface area contributed by atoms with Gasteiger partial charge in [0, 0.05) is 31.0 Å². The summed E-state index contributed by atoms with van der Waals surface area (Å²) in [4.78, 5) is 12.4. The number of imidazole rings is 1. The molecule has 154 valence electrons. The SMILES string of the molecule is CCCN(CC1CC1)c1c(CC)nc2c(-c3c(C)cc(C)cc3OC)nccn12. The predicted octanol–water partition coefficient (Wildman–Crippen LogP) is 5.21. The Kier molecular flexibility index (Phi) is 5.48. The quantitative estimate of drug-likeness (QED) is 0.528. The van der Waals surface area contributed by atoms with Crippen LogP contribution >= 0.6 is 0 Å². The van der Waals surface area contributed by atoms with Crippen molar-refractivity contribution in [3.63, 3.8) is 0 Å². The number of benzene rings is 1. The fourth-order valence-corrected chi connectivity index (χ4v) is 4.32. The van der Waals surface area contributed by atoms with Crippen molar-refractivity contribution in [3.8, 4) is 17.0 Å². The maximum atomic E-state index is 5.73. The van der Waals surface area contributed by atoms with E-state index in [1.54, 1.807) is 7.11 Å². The molecule has 0 N–H and O–H groups in total. The van der Waals surface area contributed by atoms with Gasteiger partial charge in [-0.1, -0.05) is 19.9 Å². The maximum absolute atomic E-state index is 5.73. The zero-order valence-electron chi connectivity index (χ0n) is 18.3.